The van der Waals surface area contributed by atoms with E-state index in [1.165, 1.54) is 6.08 Å². The van der Waals surface area contributed by atoms with E-state index in [0.29, 0.717) is 18.9 Å². The van der Waals surface area contributed by atoms with Gasteiger partial charge in [0.2, 0.25) is 5.91 Å². The Morgan fingerprint density at radius 3 is 2.52 bits per heavy atom. The highest BCUT2D eigenvalue weighted by Crippen LogP contribution is 2.36. The zero-order valence-electron chi connectivity index (χ0n) is 24.9. The second-order valence-electron chi connectivity index (χ2n) is 10.6. The maximum absolute atomic E-state index is 12.5. The van der Waals surface area contributed by atoms with Gasteiger partial charge < -0.3 is 24.4 Å². The third-order valence-corrected chi connectivity index (χ3v) is 7.91. The van der Waals surface area contributed by atoms with Gasteiger partial charge in [0.15, 0.2) is 5.82 Å². The Morgan fingerprint density at radius 1 is 1.00 bits per heavy atom. The summed E-state index contributed by atoms with van der Waals surface area (Å²) in [6, 6.07) is 25.3. The van der Waals surface area contributed by atoms with E-state index in [0.717, 1.165) is 70.2 Å². The van der Waals surface area contributed by atoms with Gasteiger partial charge in [-0.1, -0.05) is 24.8 Å². The number of aromatic nitrogens is 3. The average molecular weight is 590 g/mol. The Morgan fingerprint density at radius 2 is 1.77 bits per heavy atom. The molecule has 0 spiro atoms. The SMILES string of the molecule is C=CC(=O)N1CCCC(c2nn(-c3ccc(Oc4ccccc4)cc3)c3c(NCc4ccc(OC)cc4OC)nccc23)C1. The summed E-state index contributed by atoms with van der Waals surface area (Å²) in [6.07, 6.45) is 5.03. The number of hydrogen-bond donors (Lipinski definition) is 1. The Labute approximate surface area is 256 Å². The van der Waals surface area contributed by atoms with E-state index in [2.05, 4.69) is 11.9 Å². The van der Waals surface area contributed by atoms with Crippen molar-refractivity contribution in [1.29, 1.82) is 0 Å². The average Bonchev–Trinajstić information content (AvgIpc) is 3.48. The van der Waals surface area contributed by atoms with Gasteiger partial charge in [0, 0.05) is 48.8 Å². The number of carbonyl (C=O) groups is 1. The number of para-hydroxylation sites is 1. The Hall–Kier alpha value is -5.31. The summed E-state index contributed by atoms with van der Waals surface area (Å²) in [7, 11) is 3.28. The number of nitrogens with zero attached hydrogens (tertiary/aromatic N) is 4. The zero-order valence-corrected chi connectivity index (χ0v) is 24.9. The number of carbonyl (C=O) groups excluding carboxylic acids is 1. The molecular formula is C35H35N5O4. The first-order valence-electron chi connectivity index (χ1n) is 14.6. The van der Waals surface area contributed by atoms with Gasteiger partial charge in [-0.3, -0.25) is 4.79 Å². The molecular weight excluding hydrogens is 554 g/mol. The standard InChI is InChI=1S/C35H35N5O4/c1-4-32(41)39-20-8-9-25(23-39)33-30-18-19-36-35(37-22-24-12-15-29(42-2)21-31(24)43-3)34(30)40(38-33)26-13-16-28(17-14-26)44-27-10-6-5-7-11-27/h4-7,10-19,21,25H,1,8-9,20,22-23H2,2-3H3,(H,36,37). The number of amides is 1. The molecule has 0 saturated carbocycles. The molecule has 3 aromatic carbocycles. The molecule has 1 saturated heterocycles. The molecule has 1 fully saturated rings. The number of likely N-dealkylation sites (tertiary alicyclic amines) is 1. The van der Waals surface area contributed by atoms with Crippen LogP contribution in [0.4, 0.5) is 5.82 Å². The van der Waals surface area contributed by atoms with Crippen LogP contribution in [-0.2, 0) is 11.3 Å². The fourth-order valence-electron chi connectivity index (χ4n) is 5.69. The van der Waals surface area contributed by atoms with Crippen molar-refractivity contribution in [3.8, 4) is 28.7 Å². The van der Waals surface area contributed by atoms with Crippen molar-refractivity contribution >= 4 is 22.6 Å². The lowest BCUT2D eigenvalue weighted by molar-refractivity contribution is -0.127. The van der Waals surface area contributed by atoms with E-state index in [-0.39, 0.29) is 11.8 Å². The molecule has 0 aliphatic carbocycles. The molecule has 9 nitrogen and oxygen atoms in total. The van der Waals surface area contributed by atoms with Gasteiger partial charge in [0.1, 0.15) is 28.5 Å². The number of piperidine rings is 1. The highest BCUT2D eigenvalue weighted by Gasteiger charge is 2.29. The van der Waals surface area contributed by atoms with Gasteiger partial charge in [0.05, 0.1) is 25.6 Å². The second-order valence-corrected chi connectivity index (χ2v) is 10.6. The molecule has 3 heterocycles. The lowest BCUT2D eigenvalue weighted by Crippen LogP contribution is -2.38. The number of nitrogens with one attached hydrogen (secondary N) is 1. The maximum Gasteiger partial charge on any atom is 0.245 e. The minimum Gasteiger partial charge on any atom is -0.497 e. The molecule has 1 aliphatic heterocycles. The number of ether oxygens (including phenoxy) is 3. The van der Waals surface area contributed by atoms with E-state index in [1.807, 2.05) is 88.4 Å². The predicted molar refractivity (Wildman–Crippen MR) is 171 cm³/mol. The third-order valence-electron chi connectivity index (χ3n) is 7.91. The molecule has 2 aromatic heterocycles. The maximum atomic E-state index is 12.5. The number of benzene rings is 3. The van der Waals surface area contributed by atoms with Crippen LogP contribution >= 0.6 is 0 Å². The van der Waals surface area contributed by atoms with Crippen molar-refractivity contribution in [3.05, 3.63) is 109 Å². The smallest absolute Gasteiger partial charge is 0.245 e. The van der Waals surface area contributed by atoms with E-state index in [4.69, 9.17) is 24.3 Å². The summed E-state index contributed by atoms with van der Waals surface area (Å²) in [6.45, 7) is 5.48. The van der Waals surface area contributed by atoms with Crippen LogP contribution in [0.2, 0.25) is 0 Å². The van der Waals surface area contributed by atoms with E-state index < -0.39 is 0 Å². The van der Waals surface area contributed by atoms with Crippen molar-refractivity contribution in [2.75, 3.05) is 32.6 Å². The fourth-order valence-corrected chi connectivity index (χ4v) is 5.69. The molecule has 44 heavy (non-hydrogen) atoms. The molecule has 5 aromatic rings. The minimum absolute atomic E-state index is 0.0510. The first kappa shape index (κ1) is 28.8. The van der Waals surface area contributed by atoms with Crippen LogP contribution in [0.1, 0.15) is 30.0 Å². The summed E-state index contributed by atoms with van der Waals surface area (Å²) < 4.78 is 19.0. The Bertz CT molecular complexity index is 1770. The first-order chi connectivity index (χ1) is 21.6. The normalized spacial score (nSPS) is 14.7. The molecule has 1 unspecified atom stereocenters. The minimum atomic E-state index is -0.0510. The molecule has 1 N–H and O–H groups in total. The summed E-state index contributed by atoms with van der Waals surface area (Å²) in [5.41, 5.74) is 3.64. The molecule has 1 atom stereocenters. The van der Waals surface area contributed by atoms with E-state index in [9.17, 15) is 4.79 Å². The van der Waals surface area contributed by atoms with Gasteiger partial charge in [-0.15, -0.1) is 0 Å². The predicted octanol–water partition coefficient (Wildman–Crippen LogP) is 6.73. The second kappa shape index (κ2) is 12.9. The lowest BCUT2D eigenvalue weighted by atomic mass is 9.93. The molecule has 6 rings (SSSR count). The van der Waals surface area contributed by atoms with Gasteiger partial charge in [0.25, 0.3) is 0 Å². The van der Waals surface area contributed by atoms with Crippen LogP contribution in [0.25, 0.3) is 16.6 Å². The van der Waals surface area contributed by atoms with Crippen LogP contribution in [0.15, 0.2) is 97.7 Å². The quantitative estimate of drug-likeness (QED) is 0.181. The number of anilines is 1. The lowest BCUT2D eigenvalue weighted by Gasteiger charge is -2.31. The Kier molecular flexibility index (Phi) is 8.45. The van der Waals surface area contributed by atoms with Crippen LogP contribution in [0.5, 0.6) is 23.0 Å². The summed E-state index contributed by atoms with van der Waals surface area (Å²) in [5, 5.41) is 9.70. The van der Waals surface area contributed by atoms with Crippen molar-refractivity contribution in [3.63, 3.8) is 0 Å². The summed E-state index contributed by atoms with van der Waals surface area (Å²) in [4.78, 5) is 19.1. The van der Waals surface area contributed by atoms with Crippen LogP contribution < -0.4 is 19.5 Å². The molecule has 224 valence electrons. The monoisotopic (exact) mass is 589 g/mol. The highest BCUT2D eigenvalue weighted by molar-refractivity contribution is 5.92. The van der Waals surface area contributed by atoms with Gasteiger partial charge in [-0.25, -0.2) is 9.67 Å². The number of pyridine rings is 1. The zero-order chi connectivity index (χ0) is 30.5. The fraction of sp³-hybridized carbons (Fsp3) is 0.229. The number of hydrogen-bond acceptors (Lipinski definition) is 7. The van der Waals surface area contributed by atoms with E-state index >= 15 is 0 Å². The van der Waals surface area contributed by atoms with Crippen LogP contribution in [0, 0.1) is 0 Å². The molecule has 9 heteroatoms. The van der Waals surface area contributed by atoms with Gasteiger partial charge in [-0.2, -0.15) is 5.10 Å². The van der Waals surface area contributed by atoms with Crippen molar-refractivity contribution in [2.24, 2.45) is 0 Å². The molecule has 1 aliphatic rings. The first-order valence-corrected chi connectivity index (χ1v) is 14.6. The van der Waals surface area contributed by atoms with Crippen LogP contribution in [-0.4, -0.2) is 52.9 Å². The number of fused-ring (bicyclic) bond motifs is 1. The van der Waals surface area contributed by atoms with Crippen molar-refractivity contribution < 1.29 is 19.0 Å². The number of rotatable bonds is 10. The summed E-state index contributed by atoms with van der Waals surface area (Å²) in [5.74, 6) is 3.67. The number of methoxy groups -OCH3 is 2. The summed E-state index contributed by atoms with van der Waals surface area (Å²) >= 11 is 0. The van der Waals surface area contributed by atoms with Gasteiger partial charge >= 0.3 is 0 Å². The molecule has 1 amide bonds. The van der Waals surface area contributed by atoms with E-state index in [1.54, 1.807) is 20.4 Å². The van der Waals surface area contributed by atoms with Gasteiger partial charge in [-0.05, 0) is 73.5 Å². The highest BCUT2D eigenvalue weighted by atomic mass is 16.5. The largest absolute Gasteiger partial charge is 0.497 e. The Balaban J connectivity index is 1.38. The molecule has 0 radical (unpaired) electrons. The van der Waals surface area contributed by atoms with Crippen molar-refractivity contribution in [1.82, 2.24) is 19.7 Å². The topological polar surface area (TPSA) is 90.7 Å². The van der Waals surface area contributed by atoms with Crippen molar-refractivity contribution in [2.45, 2.75) is 25.3 Å². The van der Waals surface area contributed by atoms with Crippen LogP contribution in [0.3, 0.4) is 0 Å². The molecule has 0 bridgehead atoms. The third kappa shape index (κ3) is 5.94.